The van der Waals surface area contributed by atoms with Gasteiger partial charge in [-0.25, -0.2) is 0 Å². The van der Waals surface area contributed by atoms with Gasteiger partial charge in [-0.2, -0.15) is 0 Å². The Hall–Kier alpha value is -4.17. The van der Waals surface area contributed by atoms with Gasteiger partial charge in [-0.05, 0) is 54.3 Å². The number of benzene rings is 3. The molecule has 3 heterocycles. The van der Waals surface area contributed by atoms with Gasteiger partial charge >= 0.3 is 0 Å². The number of imide groups is 1. The van der Waals surface area contributed by atoms with Crippen LogP contribution in [0.4, 0.5) is 5.69 Å². The molecular weight excluding hydrogens is 492 g/mol. The molecule has 0 aliphatic carbocycles. The van der Waals surface area contributed by atoms with E-state index in [0.29, 0.717) is 24.3 Å². The largest absolute Gasteiger partial charge is 0.487 e. The van der Waals surface area contributed by atoms with Crippen molar-refractivity contribution in [2.45, 2.75) is 50.5 Å². The molecule has 8 heteroatoms. The average Bonchev–Trinajstić information content (AvgIpc) is 3.26. The third kappa shape index (κ3) is 5.52. The number of hydrogen-bond donors (Lipinski definition) is 2. The number of nitrogens with one attached hydrogen (secondary N) is 2. The van der Waals surface area contributed by atoms with Crippen LogP contribution >= 0.6 is 0 Å². The van der Waals surface area contributed by atoms with Gasteiger partial charge in [0.1, 0.15) is 17.9 Å². The van der Waals surface area contributed by atoms with Gasteiger partial charge in [-0.3, -0.25) is 24.6 Å². The summed E-state index contributed by atoms with van der Waals surface area (Å²) in [6.07, 6.45) is 1.41. The number of piperidine rings is 2. The van der Waals surface area contributed by atoms with Crippen molar-refractivity contribution in [1.29, 1.82) is 0 Å². The molecule has 8 nitrogen and oxygen atoms in total. The highest BCUT2D eigenvalue weighted by Gasteiger charge is 2.39. The lowest BCUT2D eigenvalue weighted by Crippen LogP contribution is -2.52. The van der Waals surface area contributed by atoms with E-state index < -0.39 is 11.9 Å². The molecule has 3 aromatic carbocycles. The number of likely N-dealkylation sites (tertiary alicyclic amines) is 1. The maximum absolute atomic E-state index is 13.1. The molecular formula is C31H32N4O4. The zero-order valence-corrected chi connectivity index (χ0v) is 21.7. The van der Waals surface area contributed by atoms with E-state index in [9.17, 15) is 14.4 Å². The van der Waals surface area contributed by atoms with Crippen molar-refractivity contribution in [1.82, 2.24) is 15.1 Å². The number of ether oxygens (including phenoxy) is 1. The summed E-state index contributed by atoms with van der Waals surface area (Å²) < 4.78 is 6.63. The Morgan fingerprint density at radius 3 is 2.46 bits per heavy atom. The lowest BCUT2D eigenvalue weighted by atomic mass is 10.00. The number of fused-ring (bicyclic) bond motifs is 1. The summed E-state index contributed by atoms with van der Waals surface area (Å²) in [6, 6.07) is 25.7. The smallest absolute Gasteiger partial charge is 0.255 e. The molecule has 3 aliphatic heterocycles. The fourth-order valence-electron chi connectivity index (χ4n) is 5.80. The molecule has 0 aromatic heterocycles. The number of nitrogens with zero attached hydrogens (tertiary/aromatic N) is 2. The molecule has 3 aliphatic rings. The van der Waals surface area contributed by atoms with Gasteiger partial charge in [0.15, 0.2) is 0 Å². The van der Waals surface area contributed by atoms with Crippen LogP contribution in [0, 0.1) is 0 Å². The lowest BCUT2D eigenvalue weighted by Gasteiger charge is -2.39. The minimum absolute atomic E-state index is 0.107. The summed E-state index contributed by atoms with van der Waals surface area (Å²) in [7, 11) is 0. The van der Waals surface area contributed by atoms with E-state index in [1.165, 1.54) is 5.56 Å². The summed E-state index contributed by atoms with van der Waals surface area (Å²) in [4.78, 5) is 41.1. The van der Waals surface area contributed by atoms with Crippen LogP contribution in [0.25, 0.3) is 0 Å². The van der Waals surface area contributed by atoms with Crippen LogP contribution in [0.5, 0.6) is 5.75 Å². The molecule has 1 unspecified atom stereocenters. The van der Waals surface area contributed by atoms with E-state index in [0.717, 1.165) is 37.3 Å². The van der Waals surface area contributed by atoms with Gasteiger partial charge in [-0.15, -0.1) is 0 Å². The molecule has 200 valence electrons. The highest BCUT2D eigenvalue weighted by molar-refractivity contribution is 6.05. The second-order valence-corrected chi connectivity index (χ2v) is 10.5. The quantitative estimate of drug-likeness (QED) is 0.459. The highest BCUT2D eigenvalue weighted by atomic mass is 16.5. The Morgan fingerprint density at radius 1 is 0.923 bits per heavy atom. The number of anilines is 1. The van der Waals surface area contributed by atoms with Crippen molar-refractivity contribution in [2.75, 3.05) is 18.4 Å². The summed E-state index contributed by atoms with van der Waals surface area (Å²) in [5.74, 6) is -0.164. The van der Waals surface area contributed by atoms with Crippen molar-refractivity contribution in [3.8, 4) is 5.75 Å². The topological polar surface area (TPSA) is 91.0 Å². The minimum atomic E-state index is -0.628. The third-order valence-corrected chi connectivity index (χ3v) is 7.80. The van der Waals surface area contributed by atoms with Crippen molar-refractivity contribution < 1.29 is 19.1 Å². The van der Waals surface area contributed by atoms with Crippen molar-refractivity contribution in [2.24, 2.45) is 0 Å². The first-order valence-electron chi connectivity index (χ1n) is 13.6. The molecule has 2 saturated heterocycles. The van der Waals surface area contributed by atoms with Gasteiger partial charge in [0.05, 0.1) is 6.04 Å². The zero-order chi connectivity index (χ0) is 26.8. The second kappa shape index (κ2) is 10.9. The number of rotatable bonds is 7. The standard InChI is InChI=1S/C31H32N4O4/c36-29-14-13-27(30(37)33-29)35-19-22-17-24(11-12-25(22)31(35)38)39-28-20-34(18-21-7-3-1-4-8-21)16-15-26(28)32-23-9-5-2-6-10-23/h1-12,17,26-28,32H,13-16,18-20H2,(H,33,36,37)/t26-,27?,28-/m0/s1. The molecule has 0 bridgehead atoms. The normalized spacial score (nSPS) is 23.3. The number of hydrogen-bond acceptors (Lipinski definition) is 6. The first-order chi connectivity index (χ1) is 19.0. The monoisotopic (exact) mass is 524 g/mol. The van der Waals surface area contributed by atoms with Gasteiger partial charge in [-0.1, -0.05) is 48.5 Å². The van der Waals surface area contributed by atoms with Crippen LogP contribution in [0.3, 0.4) is 0 Å². The Labute approximate surface area is 227 Å². The van der Waals surface area contributed by atoms with E-state index in [-0.39, 0.29) is 30.4 Å². The Balaban J connectivity index is 1.19. The average molecular weight is 525 g/mol. The number of amides is 3. The molecule has 2 fully saturated rings. The van der Waals surface area contributed by atoms with Crippen LogP contribution < -0.4 is 15.4 Å². The van der Waals surface area contributed by atoms with Gasteiger partial charge in [0.25, 0.3) is 5.91 Å². The Morgan fingerprint density at radius 2 is 1.69 bits per heavy atom. The third-order valence-electron chi connectivity index (χ3n) is 7.80. The summed E-state index contributed by atoms with van der Waals surface area (Å²) in [6.45, 7) is 2.91. The van der Waals surface area contributed by atoms with Crippen molar-refractivity contribution in [3.05, 3.63) is 95.6 Å². The number of carbonyl (C=O) groups excluding carboxylic acids is 3. The van der Waals surface area contributed by atoms with E-state index >= 15 is 0 Å². The molecule has 3 aromatic rings. The molecule has 0 radical (unpaired) electrons. The van der Waals surface area contributed by atoms with E-state index in [2.05, 4.69) is 51.9 Å². The van der Waals surface area contributed by atoms with Gasteiger partial charge in [0.2, 0.25) is 11.8 Å². The van der Waals surface area contributed by atoms with Gasteiger partial charge < -0.3 is 15.0 Å². The maximum atomic E-state index is 13.1. The molecule has 2 N–H and O–H groups in total. The van der Waals surface area contributed by atoms with Gasteiger partial charge in [0, 0.05) is 43.9 Å². The van der Waals surface area contributed by atoms with Crippen LogP contribution in [0.2, 0.25) is 0 Å². The summed E-state index contributed by atoms with van der Waals surface area (Å²) in [5, 5.41) is 6.02. The Kier molecular flexibility index (Phi) is 7.02. The molecule has 0 spiro atoms. The number of para-hydroxylation sites is 1. The minimum Gasteiger partial charge on any atom is -0.487 e. The second-order valence-electron chi connectivity index (χ2n) is 10.5. The van der Waals surface area contributed by atoms with Crippen LogP contribution in [-0.2, 0) is 22.7 Å². The predicted octanol–water partition coefficient (Wildman–Crippen LogP) is 3.58. The highest BCUT2D eigenvalue weighted by Crippen LogP contribution is 2.31. The van der Waals surface area contributed by atoms with Crippen molar-refractivity contribution >= 4 is 23.4 Å². The summed E-state index contributed by atoms with van der Waals surface area (Å²) >= 11 is 0. The first-order valence-corrected chi connectivity index (χ1v) is 13.6. The summed E-state index contributed by atoms with van der Waals surface area (Å²) in [5.41, 5.74) is 3.76. The van der Waals surface area contributed by atoms with E-state index in [1.54, 1.807) is 11.0 Å². The van der Waals surface area contributed by atoms with E-state index in [1.807, 2.05) is 36.4 Å². The molecule has 3 atom stereocenters. The van der Waals surface area contributed by atoms with Crippen molar-refractivity contribution in [3.63, 3.8) is 0 Å². The van der Waals surface area contributed by atoms with Crippen LogP contribution in [-0.4, -0.2) is 58.8 Å². The maximum Gasteiger partial charge on any atom is 0.255 e. The number of carbonyl (C=O) groups is 3. The molecule has 39 heavy (non-hydrogen) atoms. The Bertz CT molecular complexity index is 1360. The molecule has 0 saturated carbocycles. The predicted molar refractivity (Wildman–Crippen MR) is 147 cm³/mol. The lowest BCUT2D eigenvalue weighted by molar-refractivity contribution is -0.136. The first kappa shape index (κ1) is 25.1. The van der Waals surface area contributed by atoms with Crippen LogP contribution in [0.1, 0.15) is 40.7 Å². The van der Waals surface area contributed by atoms with Crippen LogP contribution in [0.15, 0.2) is 78.9 Å². The fraction of sp³-hybridized carbons (Fsp3) is 0.323. The molecule has 6 rings (SSSR count). The molecule has 3 amide bonds. The zero-order valence-electron chi connectivity index (χ0n) is 21.7. The fourth-order valence-corrected chi connectivity index (χ4v) is 5.80. The van der Waals surface area contributed by atoms with E-state index in [4.69, 9.17) is 4.74 Å². The SMILES string of the molecule is O=C1CCC(N2Cc3cc(O[C@H]4CN(Cc5ccccc5)CC[C@@H]4Nc4ccccc4)ccc3C2=O)C(=O)N1.